The average molecular weight is 597 g/mol. The molecule has 10 heteroatoms. The van der Waals surface area contributed by atoms with Crippen LogP contribution in [0.15, 0.2) is 24.3 Å². The van der Waals surface area contributed by atoms with E-state index in [1.807, 2.05) is 13.8 Å². The second-order valence-corrected chi connectivity index (χ2v) is 12.8. The van der Waals surface area contributed by atoms with Crippen molar-refractivity contribution < 1.29 is 24.2 Å². The number of hydrogen-bond acceptors (Lipinski definition) is 6. The Labute approximate surface area is 231 Å². The van der Waals surface area contributed by atoms with Crippen molar-refractivity contribution in [2.24, 2.45) is 11.8 Å². The van der Waals surface area contributed by atoms with Gasteiger partial charge in [-0.25, -0.2) is 0 Å². The van der Waals surface area contributed by atoms with Gasteiger partial charge in [0.2, 0.25) is 17.7 Å². The van der Waals surface area contributed by atoms with Crippen LogP contribution in [-0.2, 0) is 14.4 Å². The molecule has 3 N–H and O–H groups in total. The smallest absolute Gasteiger partial charge is 0.244 e. The summed E-state index contributed by atoms with van der Waals surface area (Å²) in [6.07, 6.45) is 4.09. The van der Waals surface area contributed by atoms with E-state index in [0.29, 0.717) is 31.7 Å². The highest BCUT2D eigenvalue weighted by Gasteiger charge is 2.76. The molecule has 204 valence electrons. The van der Waals surface area contributed by atoms with Crippen LogP contribution in [0.2, 0.25) is 0 Å². The van der Waals surface area contributed by atoms with Crippen molar-refractivity contribution in [1.29, 1.82) is 0 Å². The summed E-state index contributed by atoms with van der Waals surface area (Å²) < 4.78 is 4.78. The summed E-state index contributed by atoms with van der Waals surface area (Å²) in [7, 11) is 0. The molecule has 1 aromatic rings. The zero-order chi connectivity index (χ0) is 26.7. The largest absolute Gasteiger partial charge is 0.494 e. The molecule has 3 aliphatic rings. The highest BCUT2D eigenvalue weighted by molar-refractivity contribution is 9.09. The van der Waals surface area contributed by atoms with Gasteiger partial charge < -0.3 is 25.4 Å². The van der Waals surface area contributed by atoms with Crippen molar-refractivity contribution in [3.8, 4) is 5.75 Å². The number of carbonyl (C=O) groups is 3. The molecule has 3 aliphatic heterocycles. The first-order valence-corrected chi connectivity index (χ1v) is 15.2. The van der Waals surface area contributed by atoms with E-state index >= 15 is 0 Å². The molecule has 0 saturated carbocycles. The monoisotopic (exact) mass is 595 g/mol. The lowest BCUT2D eigenvalue weighted by Gasteiger charge is -2.37. The Hall–Kier alpha value is -1.78. The topological polar surface area (TPSA) is 108 Å². The molecule has 0 aliphatic carbocycles. The van der Waals surface area contributed by atoms with Gasteiger partial charge in [0.1, 0.15) is 11.8 Å². The Morgan fingerprint density at radius 1 is 1.22 bits per heavy atom. The van der Waals surface area contributed by atoms with Gasteiger partial charge in [0.15, 0.2) is 0 Å². The Balaban J connectivity index is 1.63. The number of rotatable bonds is 12. The summed E-state index contributed by atoms with van der Waals surface area (Å²) in [5.74, 6) is -1.08. The van der Waals surface area contributed by atoms with Crippen LogP contribution < -0.4 is 15.4 Å². The molecule has 3 unspecified atom stereocenters. The van der Waals surface area contributed by atoms with E-state index in [1.165, 1.54) is 0 Å². The van der Waals surface area contributed by atoms with Gasteiger partial charge in [-0.3, -0.25) is 14.4 Å². The maximum Gasteiger partial charge on any atom is 0.244 e. The van der Waals surface area contributed by atoms with Crippen LogP contribution in [0.4, 0.5) is 5.69 Å². The lowest BCUT2D eigenvalue weighted by Crippen LogP contribution is -2.57. The molecular formula is C27H38BrN3O5S. The molecule has 0 aromatic heterocycles. The van der Waals surface area contributed by atoms with Crippen LogP contribution in [0.25, 0.3) is 0 Å². The summed E-state index contributed by atoms with van der Waals surface area (Å²) >= 11 is 5.39. The number of carbonyl (C=O) groups excluding carboxylic acids is 3. The second-order valence-electron chi connectivity index (χ2n) is 10.1. The Bertz CT molecular complexity index is 991. The lowest BCUT2D eigenvalue weighted by molar-refractivity contribution is -0.142. The molecule has 3 heterocycles. The fraction of sp³-hybridized carbons (Fsp3) is 0.667. The van der Waals surface area contributed by atoms with Crippen molar-refractivity contribution in [2.45, 2.75) is 79.8 Å². The van der Waals surface area contributed by atoms with E-state index in [9.17, 15) is 19.5 Å². The standard InChI is InChI=1S/C27H38BrN3O5S/c1-4-7-8-13-29-25(34)23-27-14-19(28)22(37-27)20(21(27)26(35)31(23)17(5-2)15-32)24(33)30-16-9-11-18(12-10-16)36-6-3/h9-12,17,19-23,32H,4-8,13-15H2,1-3H3,(H,29,34)(H,30,33)/t17-,19?,20-,21-,22-,23?,27?/m0/s1. The Kier molecular flexibility index (Phi) is 9.12. The van der Waals surface area contributed by atoms with Gasteiger partial charge in [-0.05, 0) is 50.5 Å². The van der Waals surface area contributed by atoms with Crippen molar-refractivity contribution >= 4 is 51.1 Å². The molecule has 3 saturated heterocycles. The third-order valence-electron chi connectivity index (χ3n) is 7.87. The number of alkyl halides is 1. The number of nitrogens with zero attached hydrogens (tertiary/aromatic N) is 1. The first-order chi connectivity index (χ1) is 17.8. The Morgan fingerprint density at radius 2 is 1.95 bits per heavy atom. The molecule has 1 aromatic carbocycles. The molecular weight excluding hydrogens is 558 g/mol. The van der Waals surface area contributed by atoms with Gasteiger partial charge in [-0.2, -0.15) is 0 Å². The number of aliphatic hydroxyl groups excluding tert-OH is 1. The fourth-order valence-electron chi connectivity index (χ4n) is 6.18. The van der Waals surface area contributed by atoms with Gasteiger partial charge in [0, 0.05) is 22.3 Å². The first-order valence-electron chi connectivity index (χ1n) is 13.4. The van der Waals surface area contributed by atoms with Crippen LogP contribution >= 0.6 is 27.7 Å². The number of anilines is 1. The summed E-state index contributed by atoms with van der Waals surface area (Å²) in [5, 5.41) is 16.1. The van der Waals surface area contributed by atoms with E-state index in [0.717, 1.165) is 25.0 Å². The van der Waals surface area contributed by atoms with Crippen molar-refractivity contribution in [2.75, 3.05) is 25.1 Å². The van der Waals surface area contributed by atoms with Gasteiger partial charge >= 0.3 is 0 Å². The summed E-state index contributed by atoms with van der Waals surface area (Å²) in [4.78, 5) is 43.0. The van der Waals surface area contributed by atoms with Gasteiger partial charge in [-0.1, -0.05) is 42.6 Å². The number of unbranched alkanes of at least 4 members (excludes halogenated alkanes) is 2. The fourth-order valence-corrected chi connectivity index (χ4v) is 9.78. The maximum absolute atomic E-state index is 14.0. The molecule has 0 radical (unpaired) electrons. The number of nitrogens with one attached hydrogen (secondary N) is 2. The van der Waals surface area contributed by atoms with Crippen LogP contribution in [0.5, 0.6) is 5.75 Å². The van der Waals surface area contributed by atoms with E-state index in [4.69, 9.17) is 4.74 Å². The highest BCUT2D eigenvalue weighted by Crippen LogP contribution is 2.68. The van der Waals surface area contributed by atoms with Crippen molar-refractivity contribution in [1.82, 2.24) is 10.2 Å². The van der Waals surface area contributed by atoms with E-state index in [2.05, 4.69) is 33.5 Å². The predicted octanol–water partition coefficient (Wildman–Crippen LogP) is 3.57. The summed E-state index contributed by atoms with van der Waals surface area (Å²) in [5.41, 5.74) is 0.635. The van der Waals surface area contributed by atoms with Crippen LogP contribution in [0.1, 0.15) is 52.9 Å². The normalized spacial score (nSPS) is 30.8. The number of halogens is 1. The zero-order valence-electron chi connectivity index (χ0n) is 21.7. The molecule has 4 rings (SSSR count). The number of benzene rings is 1. The van der Waals surface area contributed by atoms with Crippen LogP contribution in [-0.4, -0.2) is 74.4 Å². The number of aliphatic hydroxyl groups is 1. The predicted molar refractivity (Wildman–Crippen MR) is 149 cm³/mol. The number of likely N-dealkylation sites (tertiary alicyclic amines) is 1. The molecule has 7 atom stereocenters. The average Bonchev–Trinajstić information content (AvgIpc) is 3.48. The minimum Gasteiger partial charge on any atom is -0.494 e. The quantitative estimate of drug-likeness (QED) is 0.252. The van der Waals surface area contributed by atoms with Gasteiger partial charge in [0.05, 0.1) is 35.8 Å². The van der Waals surface area contributed by atoms with E-state index in [-0.39, 0.29) is 34.4 Å². The number of amides is 3. The molecule has 8 nitrogen and oxygen atoms in total. The lowest BCUT2D eigenvalue weighted by atomic mass is 9.70. The zero-order valence-corrected chi connectivity index (χ0v) is 24.1. The third kappa shape index (κ3) is 5.13. The minimum atomic E-state index is -0.720. The Morgan fingerprint density at radius 3 is 2.57 bits per heavy atom. The second kappa shape index (κ2) is 11.9. The third-order valence-corrected chi connectivity index (χ3v) is 11.1. The first kappa shape index (κ1) is 28.2. The SMILES string of the molecule is CCCCCNC(=O)C1N([C@@H](CC)CO)C(=O)[C@@H]2[C@H](C(=O)Nc3ccc(OCC)cc3)[C@H]3SC12CC3Br. The molecule has 1 spiro atoms. The summed E-state index contributed by atoms with van der Waals surface area (Å²) in [6.45, 7) is 6.81. The molecule has 3 amide bonds. The number of fused-ring (bicyclic) bond motifs is 1. The summed E-state index contributed by atoms with van der Waals surface area (Å²) in [6, 6.07) is 6.00. The van der Waals surface area contributed by atoms with Crippen molar-refractivity contribution in [3.05, 3.63) is 24.3 Å². The highest BCUT2D eigenvalue weighted by atomic mass is 79.9. The van der Waals surface area contributed by atoms with Gasteiger partial charge in [-0.15, -0.1) is 11.8 Å². The maximum atomic E-state index is 14.0. The van der Waals surface area contributed by atoms with Gasteiger partial charge in [0.25, 0.3) is 0 Å². The minimum absolute atomic E-state index is 0.00201. The molecule has 3 fully saturated rings. The molecule has 37 heavy (non-hydrogen) atoms. The van der Waals surface area contributed by atoms with Crippen molar-refractivity contribution in [3.63, 3.8) is 0 Å². The van der Waals surface area contributed by atoms with Crippen LogP contribution in [0, 0.1) is 11.8 Å². The number of hydrogen-bond donors (Lipinski definition) is 3. The van der Waals surface area contributed by atoms with Crippen LogP contribution in [0.3, 0.4) is 0 Å². The number of ether oxygens (including phenoxy) is 1. The molecule has 2 bridgehead atoms. The number of thioether (sulfide) groups is 1. The van der Waals surface area contributed by atoms with E-state index in [1.54, 1.807) is 40.9 Å². The van der Waals surface area contributed by atoms with E-state index < -0.39 is 28.7 Å².